The molecule has 0 heterocycles. The van der Waals surface area contributed by atoms with Gasteiger partial charge in [-0.1, -0.05) is 37.3 Å². The molecule has 1 saturated carbocycles. The highest BCUT2D eigenvalue weighted by Gasteiger charge is 2.21. The van der Waals surface area contributed by atoms with Gasteiger partial charge in [0, 0.05) is 0 Å². The second-order valence-electron chi connectivity index (χ2n) is 5.76. The lowest BCUT2D eigenvalue weighted by atomic mass is 9.78. The second-order valence-corrected chi connectivity index (χ2v) is 5.76. The Kier molecular flexibility index (Phi) is 5.11. The summed E-state index contributed by atoms with van der Waals surface area (Å²) in [5.74, 6) is 0.962. The molecule has 1 fully saturated rings. The van der Waals surface area contributed by atoms with Crippen LogP contribution in [0.1, 0.15) is 55.6 Å². The first-order valence-corrected chi connectivity index (χ1v) is 7.35. The Bertz CT molecular complexity index is 461. The van der Waals surface area contributed by atoms with E-state index < -0.39 is 6.08 Å². The van der Waals surface area contributed by atoms with Crippen molar-refractivity contribution in [1.82, 2.24) is 0 Å². The monoisotopic (exact) mass is 276 g/mol. The van der Waals surface area contributed by atoms with Crippen LogP contribution >= 0.6 is 0 Å². The molecule has 1 unspecified atom stereocenters. The molecule has 0 N–H and O–H groups in total. The van der Waals surface area contributed by atoms with E-state index in [2.05, 4.69) is 37.8 Å². The molecule has 2 rings (SSSR count). The zero-order valence-electron chi connectivity index (χ0n) is 12.0. The predicted molar refractivity (Wildman–Crippen MR) is 80.1 cm³/mol. The van der Waals surface area contributed by atoms with Crippen LogP contribution in [0.25, 0.3) is 0 Å². The zero-order chi connectivity index (χ0) is 14.5. The van der Waals surface area contributed by atoms with E-state index in [4.69, 9.17) is 0 Å². The SMILES string of the molecule is C=CC(C)c1ccc(C2CCC(C=C(F)F)CC2)cc1. The van der Waals surface area contributed by atoms with Crippen LogP contribution in [0, 0.1) is 5.92 Å². The zero-order valence-corrected chi connectivity index (χ0v) is 12.0. The number of rotatable bonds is 4. The molecule has 1 aliphatic rings. The van der Waals surface area contributed by atoms with E-state index in [1.165, 1.54) is 11.1 Å². The van der Waals surface area contributed by atoms with Crippen molar-refractivity contribution in [3.8, 4) is 0 Å². The number of hydrogen-bond acceptors (Lipinski definition) is 0. The summed E-state index contributed by atoms with van der Waals surface area (Å²) in [5, 5.41) is 0. The average molecular weight is 276 g/mol. The summed E-state index contributed by atoms with van der Waals surface area (Å²) in [6.45, 7) is 5.94. The molecule has 1 aromatic rings. The third kappa shape index (κ3) is 3.78. The lowest BCUT2D eigenvalue weighted by Gasteiger charge is -2.27. The molecule has 20 heavy (non-hydrogen) atoms. The maximum Gasteiger partial charge on any atom is 0.266 e. The molecule has 1 atom stereocenters. The van der Waals surface area contributed by atoms with Crippen molar-refractivity contribution in [2.75, 3.05) is 0 Å². The molecule has 1 aliphatic carbocycles. The first kappa shape index (κ1) is 15.0. The van der Waals surface area contributed by atoms with Crippen molar-refractivity contribution in [3.63, 3.8) is 0 Å². The summed E-state index contributed by atoms with van der Waals surface area (Å²) >= 11 is 0. The fraction of sp³-hybridized carbons (Fsp3) is 0.444. The maximum atomic E-state index is 12.2. The highest BCUT2D eigenvalue weighted by molar-refractivity contribution is 5.29. The Hall–Kier alpha value is -1.44. The minimum absolute atomic E-state index is 0.0660. The fourth-order valence-corrected chi connectivity index (χ4v) is 3.01. The number of hydrogen-bond donors (Lipinski definition) is 0. The smallest absolute Gasteiger partial charge is 0.174 e. The van der Waals surface area contributed by atoms with E-state index in [-0.39, 0.29) is 5.92 Å². The Morgan fingerprint density at radius 2 is 1.75 bits per heavy atom. The van der Waals surface area contributed by atoms with Gasteiger partial charge in [0.25, 0.3) is 6.08 Å². The molecule has 0 radical (unpaired) electrons. The predicted octanol–water partition coefficient (Wildman–Crippen LogP) is 6.03. The summed E-state index contributed by atoms with van der Waals surface area (Å²) in [6, 6.07) is 8.70. The van der Waals surface area contributed by atoms with E-state index >= 15 is 0 Å². The molecule has 0 saturated heterocycles. The van der Waals surface area contributed by atoms with Crippen LogP contribution in [0.15, 0.2) is 49.1 Å². The van der Waals surface area contributed by atoms with Gasteiger partial charge in [0.05, 0.1) is 0 Å². The molecule has 2 heteroatoms. The molecule has 0 amide bonds. The number of halogens is 2. The second kappa shape index (κ2) is 6.83. The third-order valence-electron chi connectivity index (χ3n) is 4.42. The molecule has 0 aromatic heterocycles. The summed E-state index contributed by atoms with van der Waals surface area (Å²) in [7, 11) is 0. The quantitative estimate of drug-likeness (QED) is 0.589. The Morgan fingerprint density at radius 1 is 1.15 bits per heavy atom. The van der Waals surface area contributed by atoms with E-state index in [1.54, 1.807) is 0 Å². The largest absolute Gasteiger partial charge is 0.266 e. The van der Waals surface area contributed by atoms with Crippen molar-refractivity contribution in [2.24, 2.45) is 5.92 Å². The van der Waals surface area contributed by atoms with Crippen molar-refractivity contribution in [1.29, 1.82) is 0 Å². The highest BCUT2D eigenvalue weighted by Crippen LogP contribution is 2.37. The van der Waals surface area contributed by atoms with Gasteiger partial charge in [0.2, 0.25) is 0 Å². The fourth-order valence-electron chi connectivity index (χ4n) is 3.01. The average Bonchev–Trinajstić information content (AvgIpc) is 2.47. The Labute approximate surface area is 120 Å². The van der Waals surface area contributed by atoms with Gasteiger partial charge in [0.15, 0.2) is 0 Å². The van der Waals surface area contributed by atoms with E-state index in [1.807, 2.05) is 6.08 Å². The van der Waals surface area contributed by atoms with Crippen molar-refractivity contribution < 1.29 is 8.78 Å². The van der Waals surface area contributed by atoms with Crippen LogP contribution in [0.2, 0.25) is 0 Å². The van der Waals surface area contributed by atoms with Gasteiger partial charge < -0.3 is 0 Å². The summed E-state index contributed by atoms with van der Waals surface area (Å²) < 4.78 is 24.5. The van der Waals surface area contributed by atoms with Gasteiger partial charge in [-0.15, -0.1) is 6.58 Å². The third-order valence-corrected chi connectivity index (χ3v) is 4.42. The summed E-state index contributed by atoms with van der Waals surface area (Å²) in [5.41, 5.74) is 2.62. The molecule has 108 valence electrons. The van der Waals surface area contributed by atoms with Crippen LogP contribution in [-0.2, 0) is 0 Å². The van der Waals surface area contributed by atoms with Crippen molar-refractivity contribution in [3.05, 3.63) is 60.2 Å². The van der Waals surface area contributed by atoms with Crippen LogP contribution in [0.4, 0.5) is 8.78 Å². The van der Waals surface area contributed by atoms with Crippen molar-refractivity contribution in [2.45, 2.75) is 44.4 Å². The van der Waals surface area contributed by atoms with Gasteiger partial charge in [-0.25, -0.2) is 0 Å². The number of benzene rings is 1. The van der Waals surface area contributed by atoms with E-state index in [0.29, 0.717) is 11.8 Å². The van der Waals surface area contributed by atoms with E-state index in [9.17, 15) is 8.78 Å². The van der Waals surface area contributed by atoms with E-state index in [0.717, 1.165) is 31.8 Å². The van der Waals surface area contributed by atoms with Gasteiger partial charge in [-0.3, -0.25) is 0 Å². The maximum absolute atomic E-state index is 12.2. The Balaban J connectivity index is 1.97. The highest BCUT2D eigenvalue weighted by atomic mass is 19.3. The molecule has 1 aromatic carbocycles. The molecule has 0 aliphatic heterocycles. The first-order valence-electron chi connectivity index (χ1n) is 7.35. The van der Waals surface area contributed by atoms with Gasteiger partial charge >= 0.3 is 0 Å². The minimum atomic E-state index is -1.53. The first-order chi connectivity index (χ1) is 9.60. The van der Waals surface area contributed by atoms with Gasteiger partial charge in [-0.05, 0) is 60.6 Å². The summed E-state index contributed by atoms with van der Waals surface area (Å²) in [6.07, 6.45) is 5.29. The normalized spacial score (nSPS) is 23.9. The van der Waals surface area contributed by atoms with Crippen LogP contribution in [0.5, 0.6) is 0 Å². The lowest BCUT2D eigenvalue weighted by Crippen LogP contribution is -2.12. The minimum Gasteiger partial charge on any atom is -0.174 e. The molecule has 0 nitrogen and oxygen atoms in total. The van der Waals surface area contributed by atoms with Gasteiger partial charge in [-0.2, -0.15) is 8.78 Å². The molecular weight excluding hydrogens is 254 g/mol. The molecule has 0 bridgehead atoms. The standard InChI is InChI=1S/C18H22F2/c1-3-13(2)15-8-10-17(11-9-15)16-6-4-14(5-7-16)12-18(19)20/h3,8-14,16H,1,4-7H2,2H3. The van der Waals surface area contributed by atoms with Crippen LogP contribution in [0.3, 0.4) is 0 Å². The summed E-state index contributed by atoms with van der Waals surface area (Å²) in [4.78, 5) is 0. The molecular formula is C18H22F2. The molecule has 0 spiro atoms. The van der Waals surface area contributed by atoms with Crippen LogP contribution < -0.4 is 0 Å². The van der Waals surface area contributed by atoms with Crippen LogP contribution in [-0.4, -0.2) is 0 Å². The van der Waals surface area contributed by atoms with Gasteiger partial charge in [0.1, 0.15) is 0 Å². The lowest BCUT2D eigenvalue weighted by molar-refractivity contribution is 0.351. The number of allylic oxidation sites excluding steroid dienone is 2. The van der Waals surface area contributed by atoms with Crippen molar-refractivity contribution >= 4 is 0 Å². The Morgan fingerprint density at radius 3 is 2.25 bits per heavy atom. The topological polar surface area (TPSA) is 0 Å².